The van der Waals surface area contributed by atoms with Gasteiger partial charge < -0.3 is 0 Å². The van der Waals surface area contributed by atoms with Gasteiger partial charge in [-0.3, -0.25) is 0 Å². The van der Waals surface area contributed by atoms with Crippen LogP contribution in [0.4, 0.5) is 5.69 Å². The van der Waals surface area contributed by atoms with E-state index in [0.29, 0.717) is 28.6 Å². The fourth-order valence-corrected chi connectivity index (χ4v) is 11.0. The SMILES string of the molecule is [C-]#[N+]c1ccc(-c2nc(-c3ccc(-c4ccc(C56CC7CC(CC(C7)C5)C6)cc4)cc3)nc(-c3ccc(-c4cccc5cccc(-c6ccccc6)c45)cc3)n2)cc1. The first-order valence-electron chi connectivity index (χ1n) is 20.7. The summed E-state index contributed by atoms with van der Waals surface area (Å²) in [6.45, 7) is 7.45. The molecule has 7 aromatic carbocycles. The molecule has 4 bridgehead atoms. The second kappa shape index (κ2) is 14.0. The summed E-state index contributed by atoms with van der Waals surface area (Å²) in [5, 5.41) is 2.44. The van der Waals surface area contributed by atoms with Crippen LogP contribution in [-0.2, 0) is 5.41 Å². The summed E-state index contributed by atoms with van der Waals surface area (Å²) >= 11 is 0. The van der Waals surface area contributed by atoms with E-state index in [-0.39, 0.29) is 0 Å². The summed E-state index contributed by atoms with van der Waals surface area (Å²) in [7, 11) is 0. The fourth-order valence-electron chi connectivity index (χ4n) is 11.0. The van der Waals surface area contributed by atoms with Crippen LogP contribution >= 0.6 is 0 Å². The lowest BCUT2D eigenvalue weighted by Gasteiger charge is -2.57. The lowest BCUT2D eigenvalue weighted by atomic mass is 9.48. The summed E-state index contributed by atoms with van der Waals surface area (Å²) in [5.74, 6) is 4.62. The van der Waals surface area contributed by atoms with Crippen LogP contribution in [0.5, 0.6) is 0 Å². The predicted octanol–water partition coefficient (Wildman–Crippen LogP) is 14.0. The van der Waals surface area contributed by atoms with Crippen molar-refractivity contribution in [2.45, 2.75) is 43.9 Å². The molecule has 0 saturated heterocycles. The smallest absolute Gasteiger partial charge is 0.187 e. The highest BCUT2D eigenvalue weighted by Crippen LogP contribution is 2.60. The Labute approximate surface area is 340 Å². The molecule has 0 amide bonds. The Kier molecular flexibility index (Phi) is 8.36. The molecule has 0 unspecified atom stereocenters. The van der Waals surface area contributed by atoms with Crippen LogP contribution in [-0.4, -0.2) is 15.0 Å². The molecular formula is C54H42N4. The largest absolute Gasteiger partial charge is 0.238 e. The van der Waals surface area contributed by atoms with Crippen molar-refractivity contribution in [3.63, 3.8) is 0 Å². The molecule has 12 rings (SSSR count). The lowest BCUT2D eigenvalue weighted by Crippen LogP contribution is -2.48. The zero-order chi connectivity index (χ0) is 38.6. The van der Waals surface area contributed by atoms with Crippen molar-refractivity contribution in [3.05, 3.63) is 181 Å². The summed E-state index contributed by atoms with van der Waals surface area (Å²) < 4.78 is 0. The van der Waals surface area contributed by atoms with Crippen LogP contribution in [0.2, 0.25) is 0 Å². The molecule has 278 valence electrons. The zero-order valence-electron chi connectivity index (χ0n) is 32.4. The van der Waals surface area contributed by atoms with Crippen molar-refractivity contribution >= 4 is 16.5 Å². The molecule has 1 aromatic heterocycles. The molecule has 0 N–H and O–H groups in total. The van der Waals surface area contributed by atoms with Crippen LogP contribution in [0, 0.1) is 24.3 Å². The van der Waals surface area contributed by atoms with Gasteiger partial charge in [0.2, 0.25) is 0 Å². The third-order valence-corrected chi connectivity index (χ3v) is 13.3. The van der Waals surface area contributed by atoms with Gasteiger partial charge in [-0.05, 0) is 111 Å². The minimum absolute atomic E-state index is 0.406. The molecule has 4 aliphatic rings. The first kappa shape index (κ1) is 34.5. The molecule has 4 fully saturated rings. The van der Waals surface area contributed by atoms with E-state index in [0.717, 1.165) is 40.0 Å². The molecular weight excluding hydrogens is 705 g/mol. The van der Waals surface area contributed by atoms with E-state index >= 15 is 0 Å². The van der Waals surface area contributed by atoms with Crippen LogP contribution in [0.1, 0.15) is 44.1 Å². The molecule has 4 heteroatoms. The first-order chi connectivity index (χ1) is 28.6. The number of rotatable bonds is 7. The molecule has 0 atom stereocenters. The monoisotopic (exact) mass is 746 g/mol. The van der Waals surface area contributed by atoms with Gasteiger partial charge in [-0.1, -0.05) is 164 Å². The highest BCUT2D eigenvalue weighted by atomic mass is 15.0. The molecule has 0 radical (unpaired) electrons. The predicted molar refractivity (Wildman–Crippen MR) is 236 cm³/mol. The van der Waals surface area contributed by atoms with Gasteiger partial charge in [0, 0.05) is 16.7 Å². The van der Waals surface area contributed by atoms with Gasteiger partial charge in [0.15, 0.2) is 23.2 Å². The van der Waals surface area contributed by atoms with E-state index in [1.54, 1.807) is 5.56 Å². The zero-order valence-corrected chi connectivity index (χ0v) is 32.4. The Morgan fingerprint density at radius 2 is 0.828 bits per heavy atom. The Balaban J connectivity index is 0.925. The third kappa shape index (κ3) is 6.19. The van der Waals surface area contributed by atoms with E-state index in [4.69, 9.17) is 21.5 Å². The summed E-state index contributed by atoms with van der Waals surface area (Å²) in [4.78, 5) is 18.7. The second-order valence-corrected chi connectivity index (χ2v) is 17.0. The molecule has 4 nitrogen and oxygen atoms in total. The molecule has 4 aliphatic carbocycles. The molecule has 0 spiro atoms. The maximum absolute atomic E-state index is 7.45. The fraction of sp³-hybridized carbons (Fsp3) is 0.185. The number of aromatic nitrogens is 3. The van der Waals surface area contributed by atoms with Crippen molar-refractivity contribution in [1.82, 2.24) is 15.0 Å². The number of nitrogens with zero attached hydrogens (tertiary/aromatic N) is 4. The first-order valence-corrected chi connectivity index (χ1v) is 20.7. The lowest BCUT2D eigenvalue weighted by molar-refractivity contribution is -0.00518. The molecule has 8 aromatic rings. The molecule has 58 heavy (non-hydrogen) atoms. The van der Waals surface area contributed by atoms with Crippen molar-refractivity contribution < 1.29 is 0 Å². The Morgan fingerprint density at radius 1 is 0.414 bits per heavy atom. The van der Waals surface area contributed by atoms with Crippen molar-refractivity contribution in [3.8, 4) is 67.5 Å². The minimum Gasteiger partial charge on any atom is -0.238 e. The number of benzene rings is 7. The molecule has 1 heterocycles. The highest BCUT2D eigenvalue weighted by molar-refractivity contribution is 6.06. The topological polar surface area (TPSA) is 43.0 Å². The Morgan fingerprint density at radius 3 is 1.31 bits per heavy atom. The second-order valence-electron chi connectivity index (χ2n) is 17.0. The van der Waals surface area contributed by atoms with Crippen LogP contribution in [0.3, 0.4) is 0 Å². The quantitative estimate of drug-likeness (QED) is 0.153. The summed E-state index contributed by atoms with van der Waals surface area (Å²) in [6, 6.07) is 57.8. The molecule has 0 aliphatic heterocycles. The normalized spacial score (nSPS) is 20.6. The number of hydrogen-bond acceptors (Lipinski definition) is 3. The minimum atomic E-state index is 0.406. The van der Waals surface area contributed by atoms with Gasteiger partial charge in [-0.25, -0.2) is 19.8 Å². The summed E-state index contributed by atoms with van der Waals surface area (Å²) in [6.07, 6.45) is 8.56. The van der Waals surface area contributed by atoms with Crippen LogP contribution < -0.4 is 0 Å². The molecule has 4 saturated carbocycles. The van der Waals surface area contributed by atoms with Gasteiger partial charge in [0.1, 0.15) is 0 Å². The van der Waals surface area contributed by atoms with E-state index in [9.17, 15) is 0 Å². The maximum atomic E-state index is 7.45. The van der Waals surface area contributed by atoms with Crippen molar-refractivity contribution in [1.29, 1.82) is 0 Å². The van der Waals surface area contributed by atoms with Gasteiger partial charge in [0.05, 0.1) is 6.57 Å². The Hall–Kier alpha value is -6.70. The van der Waals surface area contributed by atoms with E-state index in [1.807, 2.05) is 24.3 Å². The van der Waals surface area contributed by atoms with Crippen molar-refractivity contribution in [2.24, 2.45) is 17.8 Å². The van der Waals surface area contributed by atoms with E-state index in [1.165, 1.54) is 77.1 Å². The standard InChI is InChI=1S/C54H42N4/c1-55-47-27-23-45(24-28-47)53-57-51(43-17-13-38(14-18-43)39-21-25-46(26-22-39)54-32-35-29-36(33-54)31-37(30-35)34-54)56-52(58-53)44-19-15-41(16-20-44)49-12-6-10-42-9-5-11-48(50(42)49)40-7-3-2-4-8-40/h2-28,35-37H,29-34H2. The maximum Gasteiger partial charge on any atom is 0.187 e. The van der Waals surface area contributed by atoms with Crippen LogP contribution in [0.15, 0.2) is 164 Å². The van der Waals surface area contributed by atoms with Crippen LogP contribution in [0.25, 0.3) is 83.2 Å². The number of fused-ring (bicyclic) bond motifs is 1. The Bertz CT molecular complexity index is 2790. The average molecular weight is 747 g/mol. The average Bonchev–Trinajstić information content (AvgIpc) is 3.28. The van der Waals surface area contributed by atoms with E-state index < -0.39 is 0 Å². The van der Waals surface area contributed by atoms with Gasteiger partial charge in [0.25, 0.3) is 0 Å². The van der Waals surface area contributed by atoms with Gasteiger partial charge in [-0.2, -0.15) is 0 Å². The van der Waals surface area contributed by atoms with Crippen molar-refractivity contribution in [2.75, 3.05) is 0 Å². The third-order valence-electron chi connectivity index (χ3n) is 13.3. The number of hydrogen-bond donors (Lipinski definition) is 0. The van der Waals surface area contributed by atoms with Gasteiger partial charge >= 0.3 is 0 Å². The highest BCUT2D eigenvalue weighted by Gasteiger charge is 2.51. The van der Waals surface area contributed by atoms with E-state index in [2.05, 4.69) is 144 Å². The van der Waals surface area contributed by atoms with Gasteiger partial charge in [-0.15, -0.1) is 0 Å². The summed E-state index contributed by atoms with van der Waals surface area (Å²) in [5.41, 5.74) is 12.4.